The lowest BCUT2D eigenvalue weighted by molar-refractivity contribution is 0.0472. The molecular weight excluding hydrogens is 469 g/mol. The van der Waals surface area contributed by atoms with Crippen LogP contribution in [0.25, 0.3) is 0 Å². The molecule has 0 aliphatic rings. The number of nitrogens with zero attached hydrogens (tertiary/aromatic N) is 1. The van der Waals surface area contributed by atoms with Gasteiger partial charge in [0, 0.05) is 33.9 Å². The number of benzene rings is 2. The first-order chi connectivity index (χ1) is 13.2. The fourth-order valence-electron chi connectivity index (χ4n) is 2.44. The third-order valence-electron chi connectivity index (χ3n) is 3.88. The lowest BCUT2D eigenvalue weighted by atomic mass is 10.1. The quantitative estimate of drug-likeness (QED) is 0.183. The number of methoxy groups -OCH3 is 1. The van der Waals surface area contributed by atoms with Crippen LogP contribution in [-0.2, 0) is 22.6 Å². The van der Waals surface area contributed by atoms with Gasteiger partial charge in [-0.25, -0.2) is 4.79 Å². The highest BCUT2D eigenvalue weighted by Crippen LogP contribution is 2.09. The van der Waals surface area contributed by atoms with Gasteiger partial charge in [-0.1, -0.05) is 42.5 Å². The molecule has 0 radical (unpaired) electrons. The zero-order valence-corrected chi connectivity index (χ0v) is 18.6. The average molecular weight is 497 g/mol. The summed E-state index contributed by atoms with van der Waals surface area (Å²) >= 11 is 0. The minimum Gasteiger partial charge on any atom is -0.457 e. The number of esters is 1. The molecule has 0 heterocycles. The topological polar surface area (TPSA) is 72.0 Å². The number of guanidine groups is 1. The molecule has 0 saturated heterocycles. The van der Waals surface area contributed by atoms with Crippen molar-refractivity contribution in [3.63, 3.8) is 0 Å². The molecule has 2 N–H and O–H groups in total. The number of hydrogen-bond acceptors (Lipinski definition) is 4. The number of aliphatic imine (C=N–C) groups is 1. The van der Waals surface area contributed by atoms with Gasteiger partial charge in [0.15, 0.2) is 5.96 Å². The van der Waals surface area contributed by atoms with Crippen LogP contribution in [0, 0.1) is 0 Å². The van der Waals surface area contributed by atoms with Crippen LogP contribution in [0.2, 0.25) is 0 Å². The van der Waals surface area contributed by atoms with Crippen LogP contribution in [0.1, 0.15) is 27.9 Å². The summed E-state index contributed by atoms with van der Waals surface area (Å²) in [5.41, 5.74) is 2.48. The maximum absolute atomic E-state index is 12.3. The van der Waals surface area contributed by atoms with E-state index >= 15 is 0 Å². The summed E-state index contributed by atoms with van der Waals surface area (Å²) in [6.07, 6.45) is 0.903. The summed E-state index contributed by atoms with van der Waals surface area (Å²) in [5, 5.41) is 6.45. The Labute approximate surface area is 183 Å². The predicted octanol–water partition coefficient (Wildman–Crippen LogP) is 3.36. The minimum atomic E-state index is -0.331. The van der Waals surface area contributed by atoms with Gasteiger partial charge in [0.2, 0.25) is 0 Å². The Kier molecular flexibility index (Phi) is 11.9. The molecular formula is C21H28IN3O3. The molecule has 0 aliphatic heterocycles. The Morgan fingerprint density at radius 3 is 2.50 bits per heavy atom. The zero-order chi connectivity index (χ0) is 19.3. The van der Waals surface area contributed by atoms with Crippen molar-refractivity contribution in [1.29, 1.82) is 0 Å². The largest absolute Gasteiger partial charge is 0.457 e. The summed E-state index contributed by atoms with van der Waals surface area (Å²) in [7, 11) is 3.41. The SMILES string of the molecule is CN=C(NCCCOC)NCc1cccc(C(=O)OCc2ccccc2)c1.I. The smallest absolute Gasteiger partial charge is 0.338 e. The standard InChI is InChI=1S/C21H27N3O3.HI/c1-22-21(23-12-7-13-26-2)24-15-18-10-6-11-19(14-18)20(25)27-16-17-8-4-3-5-9-17;/h3-6,8-11,14H,7,12-13,15-16H2,1-2H3,(H2,22,23,24);1H. The summed E-state index contributed by atoms with van der Waals surface area (Å²) < 4.78 is 10.4. The number of hydrogen-bond donors (Lipinski definition) is 2. The van der Waals surface area contributed by atoms with E-state index in [0.717, 1.165) is 24.1 Å². The van der Waals surface area contributed by atoms with Gasteiger partial charge < -0.3 is 20.1 Å². The van der Waals surface area contributed by atoms with Gasteiger partial charge in [0.05, 0.1) is 5.56 Å². The molecule has 0 amide bonds. The molecule has 0 spiro atoms. The Balaban J connectivity index is 0.00000392. The molecule has 28 heavy (non-hydrogen) atoms. The van der Waals surface area contributed by atoms with Crippen LogP contribution in [0.3, 0.4) is 0 Å². The first-order valence-electron chi connectivity index (χ1n) is 8.96. The van der Waals surface area contributed by atoms with Crippen molar-refractivity contribution < 1.29 is 14.3 Å². The van der Waals surface area contributed by atoms with E-state index in [9.17, 15) is 4.79 Å². The molecule has 0 unspecified atom stereocenters. The Morgan fingerprint density at radius 2 is 1.79 bits per heavy atom. The number of carbonyl (C=O) groups is 1. The lowest BCUT2D eigenvalue weighted by Crippen LogP contribution is -2.37. The average Bonchev–Trinajstić information content (AvgIpc) is 2.72. The van der Waals surface area contributed by atoms with E-state index in [1.165, 1.54) is 0 Å². The van der Waals surface area contributed by atoms with Gasteiger partial charge in [-0.15, -0.1) is 24.0 Å². The third-order valence-corrected chi connectivity index (χ3v) is 3.88. The summed E-state index contributed by atoms with van der Waals surface area (Å²) in [5.74, 6) is 0.380. The number of rotatable bonds is 9. The predicted molar refractivity (Wildman–Crippen MR) is 122 cm³/mol. The molecule has 7 heteroatoms. The second-order valence-corrected chi connectivity index (χ2v) is 5.96. The van der Waals surface area contributed by atoms with Gasteiger partial charge in [-0.2, -0.15) is 0 Å². The minimum absolute atomic E-state index is 0. The van der Waals surface area contributed by atoms with Crippen molar-refractivity contribution >= 4 is 35.9 Å². The van der Waals surface area contributed by atoms with E-state index < -0.39 is 0 Å². The van der Waals surface area contributed by atoms with Gasteiger partial charge in [-0.3, -0.25) is 4.99 Å². The summed E-state index contributed by atoms with van der Waals surface area (Å²) in [6, 6.07) is 17.0. The highest BCUT2D eigenvalue weighted by atomic mass is 127. The van der Waals surface area contributed by atoms with Gasteiger partial charge >= 0.3 is 5.97 Å². The van der Waals surface area contributed by atoms with Gasteiger partial charge in [0.25, 0.3) is 0 Å². The molecule has 0 bridgehead atoms. The van der Waals surface area contributed by atoms with Gasteiger partial charge in [-0.05, 0) is 29.7 Å². The third kappa shape index (κ3) is 8.71. The number of halogens is 1. The lowest BCUT2D eigenvalue weighted by Gasteiger charge is -2.12. The summed E-state index contributed by atoms with van der Waals surface area (Å²) in [4.78, 5) is 16.5. The second kappa shape index (κ2) is 14.0. The second-order valence-electron chi connectivity index (χ2n) is 5.96. The highest BCUT2D eigenvalue weighted by Gasteiger charge is 2.08. The Bertz CT molecular complexity index is 739. The van der Waals surface area contributed by atoms with E-state index in [-0.39, 0.29) is 36.6 Å². The van der Waals surface area contributed by atoms with E-state index in [4.69, 9.17) is 9.47 Å². The molecule has 2 aromatic rings. The first-order valence-corrected chi connectivity index (χ1v) is 8.96. The molecule has 2 aromatic carbocycles. The molecule has 0 saturated carbocycles. The maximum atomic E-state index is 12.3. The van der Waals surface area contributed by atoms with Crippen molar-refractivity contribution in [1.82, 2.24) is 10.6 Å². The number of nitrogens with one attached hydrogen (secondary N) is 2. The number of ether oxygens (including phenoxy) is 2. The van der Waals surface area contributed by atoms with Gasteiger partial charge in [0.1, 0.15) is 6.61 Å². The van der Waals surface area contributed by atoms with Crippen molar-refractivity contribution in [3.8, 4) is 0 Å². The fraction of sp³-hybridized carbons (Fsp3) is 0.333. The van der Waals surface area contributed by atoms with Crippen LogP contribution in [-0.4, -0.2) is 39.2 Å². The Hall–Kier alpha value is -2.13. The molecule has 152 valence electrons. The van der Waals surface area contributed by atoms with Crippen LogP contribution in [0.4, 0.5) is 0 Å². The van der Waals surface area contributed by atoms with E-state index in [1.807, 2.05) is 48.5 Å². The zero-order valence-electron chi connectivity index (χ0n) is 16.3. The molecule has 6 nitrogen and oxygen atoms in total. The Morgan fingerprint density at radius 1 is 1.04 bits per heavy atom. The molecule has 0 aliphatic carbocycles. The van der Waals surface area contributed by atoms with E-state index in [2.05, 4.69) is 15.6 Å². The monoisotopic (exact) mass is 497 g/mol. The van der Waals surface area contributed by atoms with Crippen molar-refractivity contribution in [3.05, 3.63) is 71.3 Å². The molecule has 0 fully saturated rings. The van der Waals surface area contributed by atoms with Crippen LogP contribution >= 0.6 is 24.0 Å². The van der Waals surface area contributed by atoms with E-state index in [0.29, 0.717) is 24.7 Å². The normalized spacial score (nSPS) is 10.7. The molecule has 2 rings (SSSR count). The first kappa shape index (κ1) is 23.9. The molecule has 0 aromatic heterocycles. The maximum Gasteiger partial charge on any atom is 0.338 e. The van der Waals surface area contributed by atoms with Crippen LogP contribution in [0.15, 0.2) is 59.6 Å². The van der Waals surface area contributed by atoms with Crippen LogP contribution < -0.4 is 10.6 Å². The van der Waals surface area contributed by atoms with Crippen molar-refractivity contribution in [2.75, 3.05) is 27.3 Å². The number of carbonyl (C=O) groups excluding carboxylic acids is 1. The van der Waals surface area contributed by atoms with E-state index in [1.54, 1.807) is 20.2 Å². The molecule has 0 atom stereocenters. The van der Waals surface area contributed by atoms with Crippen molar-refractivity contribution in [2.24, 2.45) is 4.99 Å². The van der Waals surface area contributed by atoms with Crippen LogP contribution in [0.5, 0.6) is 0 Å². The fourth-order valence-corrected chi connectivity index (χ4v) is 2.44. The van der Waals surface area contributed by atoms with Crippen molar-refractivity contribution in [2.45, 2.75) is 19.6 Å². The highest BCUT2D eigenvalue weighted by molar-refractivity contribution is 14.0. The summed E-state index contributed by atoms with van der Waals surface area (Å²) in [6.45, 7) is 2.31.